The van der Waals surface area contributed by atoms with Crippen molar-refractivity contribution in [2.75, 3.05) is 0 Å². The van der Waals surface area contributed by atoms with Crippen molar-refractivity contribution in [1.29, 1.82) is 0 Å². The van der Waals surface area contributed by atoms with Crippen LogP contribution in [0.5, 0.6) is 0 Å². The van der Waals surface area contributed by atoms with E-state index in [4.69, 9.17) is 4.84 Å². The van der Waals surface area contributed by atoms with E-state index in [1.54, 1.807) is 30.5 Å². The fourth-order valence-electron chi connectivity index (χ4n) is 2.07. The molecule has 0 saturated carbocycles. The van der Waals surface area contributed by atoms with E-state index in [1.165, 1.54) is 12.3 Å². The van der Waals surface area contributed by atoms with Gasteiger partial charge in [-0.1, -0.05) is 6.07 Å². The summed E-state index contributed by atoms with van der Waals surface area (Å²) >= 11 is 0. The van der Waals surface area contributed by atoms with Crippen LogP contribution >= 0.6 is 0 Å². The highest BCUT2D eigenvalue weighted by molar-refractivity contribution is 6.03. The topological polar surface area (TPSA) is 89.5 Å². The van der Waals surface area contributed by atoms with Crippen molar-refractivity contribution in [2.24, 2.45) is 0 Å². The van der Waals surface area contributed by atoms with Crippen LogP contribution < -0.4 is 0 Å². The largest absolute Gasteiger partial charge is 0.366 e. The second-order valence-corrected chi connectivity index (χ2v) is 4.58. The Kier molecular flexibility index (Phi) is 3.61. The Bertz CT molecular complexity index is 729. The van der Waals surface area contributed by atoms with Crippen LogP contribution in [-0.4, -0.2) is 32.8 Å². The van der Waals surface area contributed by atoms with E-state index < -0.39 is 17.8 Å². The van der Waals surface area contributed by atoms with E-state index in [0.717, 1.165) is 0 Å². The van der Waals surface area contributed by atoms with Gasteiger partial charge in [-0.2, -0.15) is 0 Å². The molecule has 2 aromatic rings. The molecule has 1 aliphatic heterocycles. The number of hydrogen-bond donors (Lipinski definition) is 0. The Hall–Kier alpha value is -3.09. The average Bonchev–Trinajstić information content (AvgIpc) is 2.87. The molecule has 110 valence electrons. The summed E-state index contributed by atoms with van der Waals surface area (Å²) in [6, 6.07) is 8.28. The first-order chi connectivity index (χ1) is 10.7. The molecule has 2 amide bonds. The minimum absolute atomic E-state index is 0.0479. The molecule has 1 aliphatic rings. The molecule has 3 rings (SSSR count). The molecular weight excluding hydrogens is 286 g/mol. The van der Waals surface area contributed by atoms with E-state index in [-0.39, 0.29) is 18.4 Å². The van der Waals surface area contributed by atoms with Crippen LogP contribution in [0.2, 0.25) is 0 Å². The number of imide groups is 1. The third-order valence-corrected chi connectivity index (χ3v) is 3.12. The maximum absolute atomic E-state index is 12.2. The fourth-order valence-corrected chi connectivity index (χ4v) is 2.07. The van der Waals surface area contributed by atoms with Crippen LogP contribution in [0.4, 0.5) is 0 Å². The predicted octanol–water partition coefficient (Wildman–Crippen LogP) is 1.36. The van der Waals surface area contributed by atoms with Gasteiger partial charge in [0.2, 0.25) is 0 Å². The number of carbonyl (C=O) groups is 3. The summed E-state index contributed by atoms with van der Waals surface area (Å²) in [7, 11) is 0. The van der Waals surface area contributed by atoms with Crippen LogP contribution in [0.3, 0.4) is 0 Å². The first kappa shape index (κ1) is 13.9. The van der Waals surface area contributed by atoms with E-state index in [1.807, 2.05) is 0 Å². The number of nitrogens with zero attached hydrogens (tertiary/aromatic N) is 3. The van der Waals surface area contributed by atoms with E-state index in [0.29, 0.717) is 16.5 Å². The van der Waals surface area contributed by atoms with Gasteiger partial charge in [-0.25, -0.2) is 4.79 Å². The Labute approximate surface area is 125 Å². The number of aromatic nitrogens is 2. The number of hydrogen-bond acceptors (Lipinski definition) is 6. The lowest BCUT2D eigenvalue weighted by Gasteiger charge is -2.13. The number of carbonyl (C=O) groups excluding carboxylic acids is 3. The van der Waals surface area contributed by atoms with Crippen molar-refractivity contribution >= 4 is 17.8 Å². The van der Waals surface area contributed by atoms with Crippen molar-refractivity contribution < 1.29 is 19.2 Å². The molecule has 2 aromatic heterocycles. The smallest absolute Gasteiger partial charge is 0.325 e. The highest BCUT2D eigenvalue weighted by Crippen LogP contribution is 2.21. The molecule has 1 fully saturated rings. The average molecular weight is 297 g/mol. The maximum atomic E-state index is 12.2. The van der Waals surface area contributed by atoms with Crippen LogP contribution in [0.1, 0.15) is 23.2 Å². The number of amides is 2. The summed E-state index contributed by atoms with van der Waals surface area (Å²) in [6.45, 7) is 0. The van der Waals surface area contributed by atoms with Crippen LogP contribution in [-0.2, 0) is 14.4 Å². The van der Waals surface area contributed by atoms with Gasteiger partial charge >= 0.3 is 5.97 Å². The van der Waals surface area contributed by atoms with Gasteiger partial charge in [0.05, 0.1) is 11.3 Å². The van der Waals surface area contributed by atoms with E-state index in [9.17, 15) is 14.4 Å². The lowest BCUT2D eigenvalue weighted by Crippen LogP contribution is -2.32. The zero-order chi connectivity index (χ0) is 15.5. The zero-order valence-electron chi connectivity index (χ0n) is 11.4. The van der Waals surface area contributed by atoms with Gasteiger partial charge < -0.3 is 4.84 Å². The van der Waals surface area contributed by atoms with Gasteiger partial charge in [-0.05, 0) is 24.3 Å². The minimum atomic E-state index is -0.822. The number of pyridine rings is 2. The van der Waals surface area contributed by atoms with Crippen molar-refractivity contribution in [3.8, 4) is 11.4 Å². The van der Waals surface area contributed by atoms with Gasteiger partial charge in [0.15, 0.2) is 0 Å². The molecule has 1 saturated heterocycles. The molecule has 7 nitrogen and oxygen atoms in total. The van der Waals surface area contributed by atoms with Crippen molar-refractivity contribution in [1.82, 2.24) is 15.0 Å². The third kappa shape index (κ3) is 2.56. The monoisotopic (exact) mass is 297 g/mol. The highest BCUT2D eigenvalue weighted by Gasteiger charge is 2.33. The molecule has 3 heterocycles. The van der Waals surface area contributed by atoms with Crippen LogP contribution in [0.15, 0.2) is 42.7 Å². The lowest BCUT2D eigenvalue weighted by atomic mass is 10.1. The molecule has 0 unspecified atom stereocenters. The van der Waals surface area contributed by atoms with E-state index >= 15 is 0 Å². The molecule has 0 N–H and O–H groups in total. The van der Waals surface area contributed by atoms with Crippen molar-refractivity contribution in [2.45, 2.75) is 12.8 Å². The molecule has 0 aliphatic carbocycles. The summed E-state index contributed by atoms with van der Waals surface area (Å²) in [5.74, 6) is -1.87. The standard InChI is InChI=1S/C15H11N3O4/c19-12-6-7-13(20)18(12)22-15(21)10-4-3-9-17-14(10)11-5-1-2-8-16-11/h1-5,8-9H,6-7H2. The Morgan fingerprint density at radius 1 is 1.00 bits per heavy atom. The summed E-state index contributed by atoms with van der Waals surface area (Å²) in [5, 5.41) is 0.511. The van der Waals surface area contributed by atoms with E-state index in [2.05, 4.69) is 9.97 Å². The van der Waals surface area contributed by atoms with Crippen LogP contribution in [0.25, 0.3) is 11.4 Å². The Morgan fingerprint density at radius 3 is 2.41 bits per heavy atom. The minimum Gasteiger partial charge on any atom is -0.325 e. The van der Waals surface area contributed by atoms with Gasteiger partial charge in [0.1, 0.15) is 5.69 Å². The second-order valence-electron chi connectivity index (χ2n) is 4.58. The van der Waals surface area contributed by atoms with Gasteiger partial charge in [0, 0.05) is 25.2 Å². The molecule has 0 aromatic carbocycles. The molecular formula is C15H11N3O4. The predicted molar refractivity (Wildman–Crippen MR) is 74.0 cm³/mol. The molecule has 22 heavy (non-hydrogen) atoms. The Balaban J connectivity index is 1.90. The number of rotatable bonds is 3. The lowest BCUT2D eigenvalue weighted by molar-refractivity contribution is -0.172. The molecule has 7 heteroatoms. The van der Waals surface area contributed by atoms with Gasteiger partial charge in [0.25, 0.3) is 11.8 Å². The van der Waals surface area contributed by atoms with Crippen LogP contribution in [0, 0.1) is 0 Å². The normalized spacial score (nSPS) is 14.3. The molecule has 0 radical (unpaired) electrons. The first-order valence-electron chi connectivity index (χ1n) is 6.61. The zero-order valence-corrected chi connectivity index (χ0v) is 11.4. The first-order valence-corrected chi connectivity index (χ1v) is 6.61. The van der Waals surface area contributed by atoms with Gasteiger partial charge in [-0.15, -0.1) is 5.06 Å². The summed E-state index contributed by atoms with van der Waals surface area (Å²) < 4.78 is 0. The quantitative estimate of drug-likeness (QED) is 0.795. The third-order valence-electron chi connectivity index (χ3n) is 3.12. The second kappa shape index (κ2) is 5.72. The van der Waals surface area contributed by atoms with Crippen molar-refractivity contribution in [3.63, 3.8) is 0 Å². The van der Waals surface area contributed by atoms with Gasteiger partial charge in [-0.3, -0.25) is 19.6 Å². The summed E-state index contributed by atoms with van der Waals surface area (Å²) in [6.07, 6.45) is 3.19. The number of hydroxylamine groups is 2. The molecule has 0 atom stereocenters. The summed E-state index contributed by atoms with van der Waals surface area (Å²) in [4.78, 5) is 48.4. The highest BCUT2D eigenvalue weighted by atomic mass is 16.7. The molecule has 0 spiro atoms. The fraction of sp³-hybridized carbons (Fsp3) is 0.133. The summed E-state index contributed by atoms with van der Waals surface area (Å²) in [5.41, 5.74) is 0.954. The molecule has 0 bridgehead atoms. The SMILES string of the molecule is O=C(ON1C(=O)CCC1=O)c1cccnc1-c1ccccn1. The van der Waals surface area contributed by atoms with Crippen molar-refractivity contribution in [3.05, 3.63) is 48.3 Å². The maximum Gasteiger partial charge on any atom is 0.366 e. The Morgan fingerprint density at radius 2 is 1.73 bits per heavy atom.